The van der Waals surface area contributed by atoms with Crippen molar-refractivity contribution in [1.29, 1.82) is 0 Å². The summed E-state index contributed by atoms with van der Waals surface area (Å²) in [4.78, 5) is 4.74. The van der Waals surface area contributed by atoms with E-state index in [4.69, 9.17) is 4.74 Å². The largest absolute Gasteiger partial charge is 0.494 e. The molecule has 1 fully saturated rings. The van der Waals surface area contributed by atoms with Crippen LogP contribution in [0.15, 0.2) is 84.9 Å². The van der Waals surface area contributed by atoms with Gasteiger partial charge in [-0.2, -0.15) is 0 Å². The van der Waals surface area contributed by atoms with E-state index in [9.17, 15) is 5.11 Å². The number of nitrogens with zero attached hydrogens (tertiary/aromatic N) is 2. The van der Waals surface area contributed by atoms with E-state index >= 15 is 0 Å². The summed E-state index contributed by atoms with van der Waals surface area (Å²) in [6.45, 7) is 5.27. The maximum absolute atomic E-state index is 11.3. The molecule has 35 heavy (non-hydrogen) atoms. The summed E-state index contributed by atoms with van der Waals surface area (Å²) in [5.74, 6) is 0.895. The molecule has 1 aliphatic rings. The van der Waals surface area contributed by atoms with Gasteiger partial charge < -0.3 is 14.7 Å². The lowest BCUT2D eigenvalue weighted by molar-refractivity contribution is -0.0321. The summed E-state index contributed by atoms with van der Waals surface area (Å²) in [7, 11) is 2.09. The number of benzene rings is 3. The Morgan fingerprint density at radius 2 is 1.37 bits per heavy atom. The summed E-state index contributed by atoms with van der Waals surface area (Å²) in [5.41, 5.74) is 3.15. The fraction of sp³-hybridized carbons (Fsp3) is 0.379. The Hall–Kier alpha value is -2.24. The zero-order valence-corrected chi connectivity index (χ0v) is 22.3. The Kier molecular flexibility index (Phi) is 11.4. The van der Waals surface area contributed by atoms with Crippen LogP contribution in [0, 0.1) is 0 Å². The van der Waals surface area contributed by atoms with Gasteiger partial charge in [-0.15, -0.1) is 24.8 Å². The first-order valence-corrected chi connectivity index (χ1v) is 12.1. The third-order valence-electron chi connectivity index (χ3n) is 6.83. The number of aliphatic hydroxyl groups is 1. The van der Waals surface area contributed by atoms with Gasteiger partial charge in [0.2, 0.25) is 0 Å². The molecule has 4 nitrogen and oxygen atoms in total. The smallest absolute Gasteiger partial charge is 0.119 e. The molecule has 0 spiro atoms. The van der Waals surface area contributed by atoms with E-state index in [-0.39, 0.29) is 30.9 Å². The van der Waals surface area contributed by atoms with Crippen molar-refractivity contribution in [3.8, 4) is 5.75 Å². The Balaban J connectivity index is 0.00000216. The van der Waals surface area contributed by atoms with Gasteiger partial charge in [-0.05, 0) is 61.6 Å². The normalized spacial score (nSPS) is 15.1. The molecule has 1 heterocycles. The minimum Gasteiger partial charge on any atom is -0.494 e. The Bertz CT molecular complexity index is 939. The molecule has 4 rings (SSSR count). The van der Waals surface area contributed by atoms with Gasteiger partial charge in [-0.3, -0.25) is 4.90 Å². The minimum absolute atomic E-state index is 0. The third-order valence-corrected chi connectivity index (χ3v) is 6.83. The van der Waals surface area contributed by atoms with Gasteiger partial charge in [-0.1, -0.05) is 60.7 Å². The zero-order chi connectivity index (χ0) is 23.1. The quantitative estimate of drug-likeness (QED) is 0.358. The van der Waals surface area contributed by atoms with Crippen LogP contribution in [0.1, 0.15) is 43.4 Å². The molecule has 0 atom stereocenters. The highest BCUT2D eigenvalue weighted by molar-refractivity contribution is 5.85. The fourth-order valence-electron chi connectivity index (χ4n) is 4.80. The maximum Gasteiger partial charge on any atom is 0.119 e. The molecule has 1 saturated heterocycles. The molecule has 0 aromatic heterocycles. The highest BCUT2D eigenvalue weighted by Crippen LogP contribution is 2.35. The molecule has 0 aliphatic carbocycles. The van der Waals surface area contributed by atoms with Gasteiger partial charge in [0.05, 0.1) is 18.2 Å². The predicted molar refractivity (Wildman–Crippen MR) is 150 cm³/mol. The number of ether oxygens (including phenoxy) is 1. The van der Waals surface area contributed by atoms with Crippen LogP contribution in [0.2, 0.25) is 0 Å². The zero-order valence-electron chi connectivity index (χ0n) is 20.7. The van der Waals surface area contributed by atoms with E-state index in [1.54, 1.807) is 0 Å². The van der Waals surface area contributed by atoms with Crippen LogP contribution in [0.4, 0.5) is 5.69 Å². The van der Waals surface area contributed by atoms with Crippen LogP contribution in [-0.2, 0) is 0 Å². The van der Waals surface area contributed by atoms with Gasteiger partial charge >= 0.3 is 0 Å². The van der Waals surface area contributed by atoms with E-state index in [0.29, 0.717) is 6.61 Å². The van der Waals surface area contributed by atoms with Crippen molar-refractivity contribution in [2.45, 2.75) is 37.8 Å². The summed E-state index contributed by atoms with van der Waals surface area (Å²) in [5, 5.41) is 11.3. The average molecular weight is 518 g/mol. The van der Waals surface area contributed by atoms with Crippen molar-refractivity contribution in [1.82, 2.24) is 4.90 Å². The van der Waals surface area contributed by atoms with Crippen molar-refractivity contribution in [2.75, 3.05) is 38.2 Å². The van der Waals surface area contributed by atoms with Gasteiger partial charge in [0, 0.05) is 32.4 Å². The number of halogens is 2. The molecular weight excluding hydrogens is 479 g/mol. The van der Waals surface area contributed by atoms with Crippen molar-refractivity contribution in [3.63, 3.8) is 0 Å². The third kappa shape index (κ3) is 7.62. The van der Waals surface area contributed by atoms with Crippen LogP contribution in [0.3, 0.4) is 0 Å². The van der Waals surface area contributed by atoms with E-state index in [0.717, 1.165) is 50.3 Å². The second kappa shape index (κ2) is 13.7. The van der Waals surface area contributed by atoms with Gasteiger partial charge in [0.15, 0.2) is 0 Å². The molecule has 0 amide bonds. The van der Waals surface area contributed by atoms with Gasteiger partial charge in [0.1, 0.15) is 5.75 Å². The maximum atomic E-state index is 11.3. The second-order valence-corrected chi connectivity index (χ2v) is 9.08. The number of hydrogen-bond acceptors (Lipinski definition) is 4. The standard InChI is InChI=1S/C29H36N2O2.2ClH/c1-3-33-27-16-14-26(15-17-27)30(2)21-18-29(32)19-22-31(23-20-29)28(24-10-6-4-7-11-24)25-12-8-5-9-13-25;;/h4-17,28,32H,3,18-23H2,1-2H3;2*1H. The first kappa shape index (κ1) is 29.0. The summed E-state index contributed by atoms with van der Waals surface area (Å²) in [6.07, 6.45) is 2.35. The molecule has 0 unspecified atom stereocenters. The number of rotatable bonds is 9. The van der Waals surface area contributed by atoms with Gasteiger partial charge in [-0.25, -0.2) is 0 Å². The van der Waals surface area contributed by atoms with Crippen LogP contribution in [0.25, 0.3) is 0 Å². The lowest BCUT2D eigenvalue weighted by atomic mass is 9.86. The van der Waals surface area contributed by atoms with E-state index in [2.05, 4.69) is 89.6 Å². The van der Waals surface area contributed by atoms with Crippen LogP contribution < -0.4 is 9.64 Å². The van der Waals surface area contributed by atoms with E-state index < -0.39 is 5.60 Å². The van der Waals surface area contributed by atoms with Crippen LogP contribution in [-0.4, -0.2) is 48.9 Å². The van der Waals surface area contributed by atoms with Crippen molar-refractivity contribution < 1.29 is 9.84 Å². The van der Waals surface area contributed by atoms with Gasteiger partial charge in [0.25, 0.3) is 0 Å². The fourth-order valence-corrected chi connectivity index (χ4v) is 4.80. The predicted octanol–water partition coefficient (Wildman–Crippen LogP) is 6.37. The highest BCUT2D eigenvalue weighted by atomic mass is 35.5. The first-order chi connectivity index (χ1) is 16.1. The number of likely N-dealkylation sites (tertiary alicyclic amines) is 1. The number of piperidine rings is 1. The molecule has 3 aromatic rings. The monoisotopic (exact) mass is 516 g/mol. The molecular formula is C29H38Cl2N2O2. The molecule has 190 valence electrons. The topological polar surface area (TPSA) is 35.9 Å². The Morgan fingerprint density at radius 1 is 0.857 bits per heavy atom. The molecule has 1 aliphatic heterocycles. The van der Waals surface area contributed by atoms with E-state index in [1.807, 2.05) is 19.1 Å². The van der Waals surface area contributed by atoms with E-state index in [1.165, 1.54) is 11.1 Å². The first-order valence-electron chi connectivity index (χ1n) is 12.1. The number of hydrogen-bond donors (Lipinski definition) is 1. The molecule has 1 N–H and O–H groups in total. The summed E-state index contributed by atoms with van der Waals surface area (Å²) >= 11 is 0. The summed E-state index contributed by atoms with van der Waals surface area (Å²) in [6, 6.07) is 29.9. The highest BCUT2D eigenvalue weighted by Gasteiger charge is 2.35. The molecule has 3 aromatic carbocycles. The van der Waals surface area contributed by atoms with Crippen LogP contribution in [0.5, 0.6) is 5.75 Å². The van der Waals surface area contributed by atoms with Crippen molar-refractivity contribution in [3.05, 3.63) is 96.1 Å². The lowest BCUT2D eigenvalue weighted by Gasteiger charge is -2.42. The minimum atomic E-state index is -0.617. The Morgan fingerprint density at radius 3 is 1.86 bits per heavy atom. The molecule has 6 heteroatoms. The lowest BCUT2D eigenvalue weighted by Crippen LogP contribution is -2.47. The SMILES string of the molecule is CCOc1ccc(N(C)CCC2(O)CCN(C(c3ccccc3)c3ccccc3)CC2)cc1.Cl.Cl. The second-order valence-electron chi connectivity index (χ2n) is 9.08. The van der Waals surface area contributed by atoms with Crippen molar-refractivity contribution in [2.24, 2.45) is 0 Å². The molecule has 0 bridgehead atoms. The molecule has 0 radical (unpaired) electrons. The average Bonchev–Trinajstić information content (AvgIpc) is 2.86. The Labute approximate surface area is 222 Å². The number of anilines is 1. The van der Waals surface area contributed by atoms with Crippen LogP contribution >= 0.6 is 24.8 Å². The summed E-state index contributed by atoms with van der Waals surface area (Å²) < 4.78 is 5.54. The molecule has 0 saturated carbocycles. The van der Waals surface area contributed by atoms with Crippen molar-refractivity contribution >= 4 is 30.5 Å².